The standard InChI is InChI=1S/C20H23NO3/c1-14-9-8-10-15(2)19(14)21(16(3)20(23)24-4)18(22)13-17-11-6-5-7-12-17/h5-12,16H,13H2,1-4H3/i5D,6D,7D,11D,12D. The number of anilines is 1. The summed E-state index contributed by atoms with van der Waals surface area (Å²) in [7, 11) is 1.22. The maximum atomic E-state index is 13.3. The Bertz CT molecular complexity index is 928. The number of esters is 1. The summed E-state index contributed by atoms with van der Waals surface area (Å²) < 4.78 is 44.2. The second kappa shape index (κ2) is 7.77. The molecule has 0 aliphatic rings. The van der Waals surface area contributed by atoms with Crippen molar-refractivity contribution in [2.45, 2.75) is 33.2 Å². The Hall–Kier alpha value is -2.62. The van der Waals surface area contributed by atoms with Crippen molar-refractivity contribution >= 4 is 17.6 Å². The maximum absolute atomic E-state index is 13.3. The largest absolute Gasteiger partial charge is 0.467 e. The van der Waals surface area contributed by atoms with E-state index in [0.29, 0.717) is 5.69 Å². The third-order valence-corrected chi connectivity index (χ3v) is 3.76. The number of ether oxygens (including phenoxy) is 1. The number of methoxy groups -OCH3 is 1. The quantitative estimate of drug-likeness (QED) is 0.789. The molecule has 0 bridgehead atoms. The third-order valence-electron chi connectivity index (χ3n) is 3.76. The number of rotatable bonds is 5. The summed E-state index contributed by atoms with van der Waals surface area (Å²) in [5.74, 6) is -1.19. The fourth-order valence-corrected chi connectivity index (χ4v) is 2.60. The molecule has 0 radical (unpaired) electrons. The van der Waals surface area contributed by atoms with E-state index in [9.17, 15) is 9.59 Å². The van der Waals surface area contributed by atoms with Gasteiger partial charge in [-0.2, -0.15) is 0 Å². The van der Waals surface area contributed by atoms with Crippen LogP contribution in [-0.4, -0.2) is 25.0 Å². The Morgan fingerprint density at radius 3 is 2.29 bits per heavy atom. The fourth-order valence-electron chi connectivity index (χ4n) is 2.60. The number of para-hydroxylation sites is 1. The fraction of sp³-hybridized carbons (Fsp3) is 0.300. The lowest BCUT2D eigenvalue weighted by molar-refractivity contribution is -0.143. The van der Waals surface area contributed by atoms with Gasteiger partial charge < -0.3 is 4.74 Å². The van der Waals surface area contributed by atoms with Crippen LogP contribution in [0.5, 0.6) is 0 Å². The molecule has 4 heteroatoms. The van der Waals surface area contributed by atoms with Crippen molar-refractivity contribution in [2.75, 3.05) is 12.0 Å². The van der Waals surface area contributed by atoms with E-state index in [-0.39, 0.29) is 5.56 Å². The second-order valence-corrected chi connectivity index (χ2v) is 5.48. The van der Waals surface area contributed by atoms with E-state index in [1.54, 1.807) is 26.0 Å². The number of aryl methyl sites for hydroxylation is 2. The molecule has 1 amide bonds. The highest BCUT2D eigenvalue weighted by Crippen LogP contribution is 2.27. The zero-order valence-corrected chi connectivity index (χ0v) is 14.2. The molecule has 2 aromatic rings. The van der Waals surface area contributed by atoms with Crippen LogP contribution in [0.3, 0.4) is 0 Å². The molecular formula is C20H23NO3. The Labute approximate surface area is 150 Å². The minimum Gasteiger partial charge on any atom is -0.467 e. The number of carbonyl (C=O) groups is 2. The van der Waals surface area contributed by atoms with Gasteiger partial charge in [0.2, 0.25) is 5.91 Å². The molecule has 0 spiro atoms. The van der Waals surface area contributed by atoms with E-state index < -0.39 is 54.6 Å². The molecule has 1 atom stereocenters. The first kappa shape index (κ1) is 11.8. The average Bonchev–Trinajstić information content (AvgIpc) is 2.69. The maximum Gasteiger partial charge on any atom is 0.328 e. The van der Waals surface area contributed by atoms with E-state index in [2.05, 4.69) is 0 Å². The number of carbonyl (C=O) groups excluding carboxylic acids is 2. The lowest BCUT2D eigenvalue weighted by Gasteiger charge is -2.30. The number of hydrogen-bond donors (Lipinski definition) is 0. The lowest BCUT2D eigenvalue weighted by Crippen LogP contribution is -2.45. The van der Waals surface area contributed by atoms with Crippen LogP contribution in [0.2, 0.25) is 0 Å². The zero-order valence-electron chi connectivity index (χ0n) is 19.2. The van der Waals surface area contributed by atoms with Gasteiger partial charge in [-0.3, -0.25) is 9.69 Å². The number of nitrogens with zero attached hydrogens (tertiary/aromatic N) is 1. The third kappa shape index (κ3) is 3.82. The molecule has 126 valence electrons. The van der Waals surface area contributed by atoms with Crippen molar-refractivity contribution in [1.29, 1.82) is 0 Å². The van der Waals surface area contributed by atoms with Crippen molar-refractivity contribution in [2.24, 2.45) is 0 Å². The van der Waals surface area contributed by atoms with Crippen molar-refractivity contribution in [3.8, 4) is 0 Å². The van der Waals surface area contributed by atoms with E-state index in [4.69, 9.17) is 11.6 Å². The normalized spacial score (nSPS) is 14.6. The summed E-state index contributed by atoms with van der Waals surface area (Å²) in [5, 5.41) is 0. The van der Waals surface area contributed by atoms with Crippen LogP contribution in [0.15, 0.2) is 48.4 Å². The van der Waals surface area contributed by atoms with E-state index in [0.717, 1.165) is 11.1 Å². The molecule has 1 unspecified atom stereocenters. The van der Waals surface area contributed by atoms with Crippen molar-refractivity contribution in [1.82, 2.24) is 0 Å². The summed E-state index contributed by atoms with van der Waals surface area (Å²) in [6.07, 6.45) is -0.454. The number of benzene rings is 2. The van der Waals surface area contributed by atoms with E-state index in [1.807, 2.05) is 6.07 Å². The molecule has 0 aromatic heterocycles. The molecule has 0 fully saturated rings. The topological polar surface area (TPSA) is 46.6 Å². The molecular weight excluding hydrogens is 302 g/mol. The van der Waals surface area contributed by atoms with Crippen LogP contribution in [-0.2, 0) is 20.7 Å². The molecule has 2 aromatic carbocycles. The van der Waals surface area contributed by atoms with Gasteiger partial charge in [0.1, 0.15) is 6.04 Å². The van der Waals surface area contributed by atoms with E-state index >= 15 is 0 Å². The lowest BCUT2D eigenvalue weighted by atomic mass is 10.0. The summed E-state index contributed by atoms with van der Waals surface area (Å²) in [5.41, 5.74) is 1.93. The molecule has 2 rings (SSSR count). The van der Waals surface area contributed by atoms with Crippen molar-refractivity contribution in [3.63, 3.8) is 0 Å². The number of hydrogen-bond acceptors (Lipinski definition) is 3. The highest BCUT2D eigenvalue weighted by Gasteiger charge is 2.30. The van der Waals surface area contributed by atoms with E-state index in [1.165, 1.54) is 18.9 Å². The highest BCUT2D eigenvalue weighted by molar-refractivity contribution is 6.01. The minimum absolute atomic E-state index is 0.116. The smallest absolute Gasteiger partial charge is 0.328 e. The van der Waals surface area contributed by atoms with Crippen LogP contribution < -0.4 is 4.90 Å². The molecule has 4 nitrogen and oxygen atoms in total. The predicted molar refractivity (Wildman–Crippen MR) is 95.0 cm³/mol. The van der Waals surface area contributed by atoms with Gasteiger partial charge in [-0.15, -0.1) is 0 Å². The number of amides is 1. The predicted octanol–water partition coefficient (Wildman–Crippen LogP) is 3.44. The minimum atomic E-state index is -0.961. The van der Waals surface area contributed by atoms with Crippen LogP contribution in [0.4, 0.5) is 5.69 Å². The summed E-state index contributed by atoms with van der Waals surface area (Å²) >= 11 is 0. The van der Waals surface area contributed by atoms with Crippen LogP contribution >= 0.6 is 0 Å². The Balaban J connectivity index is 2.60. The molecule has 0 heterocycles. The molecule has 0 saturated carbocycles. The molecule has 0 aliphatic carbocycles. The second-order valence-electron chi connectivity index (χ2n) is 5.48. The van der Waals surface area contributed by atoms with Gasteiger partial charge in [0, 0.05) is 0 Å². The monoisotopic (exact) mass is 330 g/mol. The first-order valence-electron chi connectivity index (χ1n) is 10.0. The average molecular weight is 330 g/mol. The van der Waals surface area contributed by atoms with Gasteiger partial charge in [-0.05, 0) is 37.5 Å². The van der Waals surface area contributed by atoms with Crippen LogP contribution in [0, 0.1) is 13.8 Å². The van der Waals surface area contributed by atoms with Gasteiger partial charge in [0.15, 0.2) is 0 Å². The van der Waals surface area contributed by atoms with Gasteiger partial charge in [-0.1, -0.05) is 48.4 Å². The SMILES string of the molecule is [2H]c1c([2H])c([2H])c(CC(=O)N(c2c(C)cccc2C)C(C)C(=O)OC)c([2H])c1[2H]. The first-order chi connectivity index (χ1) is 13.5. The Kier molecular flexibility index (Phi) is 3.84. The van der Waals surface area contributed by atoms with Gasteiger partial charge in [0.05, 0.1) is 26.1 Å². The van der Waals surface area contributed by atoms with Gasteiger partial charge >= 0.3 is 5.97 Å². The summed E-state index contributed by atoms with van der Waals surface area (Å²) in [6.45, 7) is 5.13. The van der Waals surface area contributed by atoms with Crippen LogP contribution in [0.25, 0.3) is 0 Å². The summed E-state index contributed by atoms with van der Waals surface area (Å²) in [4.78, 5) is 26.8. The Morgan fingerprint density at radius 2 is 1.75 bits per heavy atom. The van der Waals surface area contributed by atoms with Gasteiger partial charge in [-0.25, -0.2) is 4.79 Å². The molecule has 0 N–H and O–H groups in total. The highest BCUT2D eigenvalue weighted by atomic mass is 16.5. The zero-order chi connectivity index (χ0) is 22.0. The first-order valence-corrected chi connectivity index (χ1v) is 7.54. The summed E-state index contributed by atoms with van der Waals surface area (Å²) in [6, 6.07) is 2.07. The molecule has 0 aliphatic heterocycles. The van der Waals surface area contributed by atoms with Gasteiger partial charge in [0.25, 0.3) is 0 Å². The van der Waals surface area contributed by atoms with Crippen LogP contribution in [0.1, 0.15) is 30.5 Å². The van der Waals surface area contributed by atoms with Crippen molar-refractivity contribution < 1.29 is 21.2 Å². The van der Waals surface area contributed by atoms with Crippen molar-refractivity contribution in [3.05, 3.63) is 65.1 Å². The Morgan fingerprint density at radius 1 is 1.17 bits per heavy atom. The molecule has 0 saturated heterocycles. The molecule has 24 heavy (non-hydrogen) atoms.